The number of halogens is 2. The number of ether oxygens (including phenoxy) is 2. The van der Waals surface area contributed by atoms with E-state index in [0.29, 0.717) is 38.2 Å². The minimum atomic E-state index is -0.953. The molecule has 2 unspecified atom stereocenters. The van der Waals surface area contributed by atoms with Gasteiger partial charge < -0.3 is 30.4 Å². The van der Waals surface area contributed by atoms with E-state index in [1.165, 1.54) is 18.2 Å². The van der Waals surface area contributed by atoms with Crippen molar-refractivity contribution in [3.8, 4) is 10.6 Å². The van der Waals surface area contributed by atoms with Crippen LogP contribution < -0.4 is 16.0 Å². The quantitative estimate of drug-likeness (QED) is 0.147. The minimum absolute atomic E-state index is 0.0256. The topological polar surface area (TPSA) is 158 Å². The highest BCUT2D eigenvalue weighted by Crippen LogP contribution is 2.35. The predicted molar refractivity (Wildman–Crippen MR) is 185 cm³/mol. The SMILES string of the molecule is CN=C(C(C=N)NC(=O)c1nc(-c2cc(Cl)ccc2F)sc1NC(=O)OC(C)(C)C)N1CCCC(NC(=O)OCc2ccccc2)CC1. The molecule has 12 nitrogen and oxygen atoms in total. The number of alkyl carbamates (subject to hydrolysis) is 1. The van der Waals surface area contributed by atoms with Crippen molar-refractivity contribution < 1.29 is 28.2 Å². The van der Waals surface area contributed by atoms with Crippen LogP contribution in [0.4, 0.5) is 19.0 Å². The number of hydrogen-bond acceptors (Lipinski definition) is 9. The van der Waals surface area contributed by atoms with Gasteiger partial charge in [-0.05, 0) is 63.8 Å². The number of likely N-dealkylation sites (tertiary alicyclic amines) is 1. The van der Waals surface area contributed by atoms with Crippen LogP contribution in [0.15, 0.2) is 53.5 Å². The zero-order valence-electron chi connectivity index (χ0n) is 27.1. The molecule has 1 aromatic heterocycles. The number of amidine groups is 1. The number of anilines is 1. The highest BCUT2D eigenvalue weighted by atomic mass is 35.5. The van der Waals surface area contributed by atoms with E-state index in [1.54, 1.807) is 27.8 Å². The van der Waals surface area contributed by atoms with Gasteiger partial charge in [0.25, 0.3) is 5.91 Å². The molecule has 0 bridgehead atoms. The van der Waals surface area contributed by atoms with Gasteiger partial charge in [-0.25, -0.2) is 19.0 Å². The Kier molecular flexibility index (Phi) is 12.5. The molecule has 15 heteroatoms. The number of aromatic nitrogens is 1. The Hall–Kier alpha value is -4.56. The molecule has 256 valence electrons. The third-order valence-corrected chi connectivity index (χ3v) is 8.40. The number of hydrogen-bond donors (Lipinski definition) is 4. The van der Waals surface area contributed by atoms with Crippen molar-refractivity contribution in [2.75, 3.05) is 25.5 Å². The fourth-order valence-electron chi connectivity index (χ4n) is 5.00. The van der Waals surface area contributed by atoms with E-state index in [9.17, 15) is 18.8 Å². The average molecular weight is 700 g/mol. The van der Waals surface area contributed by atoms with Crippen molar-refractivity contribution in [2.24, 2.45) is 4.99 Å². The third-order valence-electron chi connectivity index (χ3n) is 7.16. The second-order valence-electron chi connectivity index (χ2n) is 12.0. The number of rotatable bonds is 9. The van der Waals surface area contributed by atoms with E-state index < -0.39 is 35.6 Å². The molecule has 2 heterocycles. The zero-order chi connectivity index (χ0) is 34.8. The summed E-state index contributed by atoms with van der Waals surface area (Å²) < 4.78 is 25.5. The Morgan fingerprint density at radius 2 is 1.92 bits per heavy atom. The van der Waals surface area contributed by atoms with Crippen molar-refractivity contribution in [3.63, 3.8) is 0 Å². The van der Waals surface area contributed by atoms with Crippen molar-refractivity contribution in [1.29, 1.82) is 5.41 Å². The van der Waals surface area contributed by atoms with Crippen LogP contribution in [-0.2, 0) is 16.1 Å². The van der Waals surface area contributed by atoms with Gasteiger partial charge in [-0.15, -0.1) is 0 Å². The molecule has 0 radical (unpaired) electrons. The maximum Gasteiger partial charge on any atom is 0.412 e. The van der Waals surface area contributed by atoms with Crippen molar-refractivity contribution in [1.82, 2.24) is 20.5 Å². The first-order valence-electron chi connectivity index (χ1n) is 15.3. The molecular weight excluding hydrogens is 661 g/mol. The molecule has 0 aliphatic carbocycles. The second kappa shape index (κ2) is 16.5. The summed E-state index contributed by atoms with van der Waals surface area (Å²) in [6.45, 7) is 6.32. The van der Waals surface area contributed by atoms with Crippen molar-refractivity contribution in [2.45, 2.75) is 64.3 Å². The fraction of sp³-hybridized carbons (Fsp3) is 0.394. The third kappa shape index (κ3) is 10.2. The van der Waals surface area contributed by atoms with E-state index in [2.05, 4.69) is 25.9 Å². The van der Waals surface area contributed by atoms with Crippen LogP contribution >= 0.6 is 22.9 Å². The Morgan fingerprint density at radius 1 is 1.17 bits per heavy atom. The summed E-state index contributed by atoms with van der Waals surface area (Å²) in [5.41, 5.74) is -0.0749. The molecule has 3 amide bonds. The van der Waals surface area contributed by atoms with E-state index in [-0.39, 0.29) is 38.9 Å². The summed E-state index contributed by atoms with van der Waals surface area (Å²) in [5, 5.41) is 16.8. The lowest BCUT2D eigenvalue weighted by molar-refractivity contribution is 0.0636. The number of carbonyl (C=O) groups excluding carboxylic acids is 3. The van der Waals surface area contributed by atoms with Crippen LogP contribution in [0.5, 0.6) is 0 Å². The summed E-state index contributed by atoms with van der Waals surface area (Å²) >= 11 is 6.98. The van der Waals surface area contributed by atoms with Crippen LogP contribution in [0.25, 0.3) is 10.6 Å². The summed E-state index contributed by atoms with van der Waals surface area (Å²) in [6, 6.07) is 12.3. The Balaban J connectivity index is 1.46. The Labute approximate surface area is 287 Å². The molecule has 0 spiro atoms. The highest BCUT2D eigenvalue weighted by molar-refractivity contribution is 7.19. The summed E-state index contributed by atoms with van der Waals surface area (Å²) in [4.78, 5) is 49.5. The van der Waals surface area contributed by atoms with Crippen LogP contribution in [0.1, 0.15) is 56.1 Å². The van der Waals surface area contributed by atoms with E-state index in [0.717, 1.165) is 23.1 Å². The molecule has 2 aromatic carbocycles. The molecule has 1 fully saturated rings. The Morgan fingerprint density at radius 3 is 2.60 bits per heavy atom. The smallest absolute Gasteiger partial charge is 0.412 e. The molecule has 0 saturated carbocycles. The lowest BCUT2D eigenvalue weighted by atomic mass is 10.1. The van der Waals surface area contributed by atoms with Crippen molar-refractivity contribution in [3.05, 3.63) is 70.6 Å². The lowest BCUT2D eigenvalue weighted by Crippen LogP contribution is -2.50. The average Bonchev–Trinajstić information content (AvgIpc) is 3.31. The number of thiazole rings is 1. The van der Waals surface area contributed by atoms with Gasteiger partial charge >= 0.3 is 12.2 Å². The number of amides is 3. The van der Waals surface area contributed by atoms with Gasteiger partial charge in [-0.1, -0.05) is 53.3 Å². The summed E-state index contributed by atoms with van der Waals surface area (Å²) in [5.74, 6) is -0.903. The van der Waals surface area contributed by atoms with Gasteiger partial charge in [0.05, 0.1) is 0 Å². The standard InChI is InChI=1S/C33H39ClFN7O5S/c1-33(2,3)47-32(45)41-30-26(40-29(48-30)23-17-21(34)12-13-24(23)35)28(43)39-25(18-36)27(37-4)42-15-8-11-22(14-16-42)38-31(44)46-19-20-9-6-5-7-10-20/h5-7,9-10,12-13,17-18,22,25,36H,8,11,14-16,19H2,1-4H3,(H,38,44)(H,39,43)(H,41,45). The molecule has 48 heavy (non-hydrogen) atoms. The minimum Gasteiger partial charge on any atom is -0.445 e. The molecule has 4 N–H and O–H groups in total. The Bertz CT molecular complexity index is 1650. The van der Waals surface area contributed by atoms with E-state index in [4.69, 9.17) is 26.5 Å². The number of nitrogens with zero attached hydrogens (tertiary/aromatic N) is 3. The number of benzene rings is 2. The van der Waals surface area contributed by atoms with Gasteiger partial charge in [0.1, 0.15) is 39.9 Å². The summed E-state index contributed by atoms with van der Waals surface area (Å²) in [6.07, 6.45) is 1.73. The monoisotopic (exact) mass is 699 g/mol. The van der Waals surface area contributed by atoms with Gasteiger partial charge in [0, 0.05) is 43.0 Å². The number of aliphatic imine (C=N–C) groups is 1. The zero-order valence-corrected chi connectivity index (χ0v) is 28.7. The highest BCUT2D eigenvalue weighted by Gasteiger charge is 2.29. The van der Waals surface area contributed by atoms with Gasteiger partial charge in [-0.2, -0.15) is 0 Å². The van der Waals surface area contributed by atoms with E-state index in [1.807, 2.05) is 35.2 Å². The van der Waals surface area contributed by atoms with Crippen LogP contribution in [0.2, 0.25) is 5.02 Å². The van der Waals surface area contributed by atoms with Gasteiger partial charge in [0.2, 0.25) is 0 Å². The molecule has 3 aromatic rings. The predicted octanol–water partition coefficient (Wildman–Crippen LogP) is 6.51. The lowest BCUT2D eigenvalue weighted by Gasteiger charge is -2.28. The van der Waals surface area contributed by atoms with Crippen LogP contribution in [0.3, 0.4) is 0 Å². The van der Waals surface area contributed by atoms with Crippen LogP contribution in [-0.4, -0.2) is 77.8 Å². The first-order chi connectivity index (χ1) is 22.9. The molecule has 1 aliphatic heterocycles. The molecule has 1 aliphatic rings. The number of carbonyl (C=O) groups is 3. The van der Waals surface area contributed by atoms with Crippen LogP contribution in [0, 0.1) is 11.2 Å². The number of nitrogens with one attached hydrogen (secondary N) is 4. The second-order valence-corrected chi connectivity index (χ2v) is 13.4. The molecule has 4 rings (SSSR count). The maximum atomic E-state index is 14.8. The van der Waals surface area contributed by atoms with Crippen molar-refractivity contribution >= 4 is 58.1 Å². The fourth-order valence-corrected chi connectivity index (χ4v) is 6.14. The van der Waals surface area contributed by atoms with Gasteiger partial charge in [-0.3, -0.25) is 15.1 Å². The first kappa shape index (κ1) is 36.3. The molecule has 2 atom stereocenters. The molecular formula is C33H39ClFN7O5S. The largest absolute Gasteiger partial charge is 0.445 e. The normalized spacial score (nSPS) is 15.9. The van der Waals surface area contributed by atoms with E-state index >= 15 is 0 Å². The maximum absolute atomic E-state index is 14.8. The summed E-state index contributed by atoms with van der Waals surface area (Å²) in [7, 11) is 1.57. The molecule has 1 saturated heterocycles. The van der Waals surface area contributed by atoms with Gasteiger partial charge in [0.15, 0.2) is 5.69 Å². The first-order valence-corrected chi connectivity index (χ1v) is 16.5.